The largest absolute Gasteiger partial charge is 0.397 e. The van der Waals surface area contributed by atoms with Crippen molar-refractivity contribution in [3.63, 3.8) is 0 Å². The van der Waals surface area contributed by atoms with Crippen molar-refractivity contribution in [3.8, 4) is 5.75 Å². The summed E-state index contributed by atoms with van der Waals surface area (Å²) in [5.74, 6) is 0.601. The molecule has 114 valence electrons. The zero-order chi connectivity index (χ0) is 15.5. The van der Waals surface area contributed by atoms with Gasteiger partial charge in [0.25, 0.3) is 0 Å². The highest BCUT2D eigenvalue weighted by Crippen LogP contribution is 2.22. The Hall–Kier alpha value is -2.34. The van der Waals surface area contributed by atoms with Crippen LogP contribution in [0, 0.1) is 6.92 Å². The molecule has 0 saturated carbocycles. The van der Waals surface area contributed by atoms with Gasteiger partial charge in [0.05, 0.1) is 4.90 Å². The third-order valence-electron chi connectivity index (χ3n) is 3.46. The van der Waals surface area contributed by atoms with Gasteiger partial charge in [-0.25, -0.2) is 9.00 Å². The number of rotatable bonds is 4. The monoisotopic (exact) mass is 316 g/mol. The Morgan fingerprint density at radius 3 is 2.50 bits per heavy atom. The number of nitrogens with zero attached hydrogens (tertiary/aromatic N) is 1. The second-order valence-corrected chi connectivity index (χ2v) is 6.07. The molecule has 1 saturated heterocycles. The molecular formula is C16H16N2O3S. The number of hydrogen-bond acceptors (Lipinski definition) is 3. The Morgan fingerprint density at radius 1 is 1.14 bits per heavy atom. The van der Waals surface area contributed by atoms with E-state index in [0.717, 1.165) is 11.3 Å². The van der Waals surface area contributed by atoms with Gasteiger partial charge in [-0.15, -0.1) is 0 Å². The first kappa shape index (κ1) is 14.6. The summed E-state index contributed by atoms with van der Waals surface area (Å²) in [4.78, 5) is 13.8. The van der Waals surface area contributed by atoms with Crippen molar-refractivity contribution in [3.05, 3.63) is 54.1 Å². The number of anilines is 1. The highest BCUT2D eigenvalue weighted by Gasteiger charge is 2.21. The third-order valence-corrected chi connectivity index (χ3v) is 4.44. The van der Waals surface area contributed by atoms with E-state index in [1.165, 1.54) is 0 Å². The smallest absolute Gasteiger partial charge is 0.321 e. The zero-order valence-corrected chi connectivity index (χ0v) is 12.9. The van der Waals surface area contributed by atoms with Crippen LogP contribution in [0.3, 0.4) is 0 Å². The van der Waals surface area contributed by atoms with Crippen LogP contribution in [0.15, 0.2) is 53.4 Å². The lowest BCUT2D eigenvalue weighted by atomic mass is 10.2. The minimum Gasteiger partial charge on any atom is -0.397 e. The number of carbonyl (C=O) groups excluding carboxylic acids is 1. The van der Waals surface area contributed by atoms with E-state index in [2.05, 4.69) is 5.32 Å². The van der Waals surface area contributed by atoms with Crippen LogP contribution in [0.1, 0.15) is 5.56 Å². The average molecular weight is 316 g/mol. The van der Waals surface area contributed by atoms with Gasteiger partial charge in [-0.2, -0.15) is 0 Å². The third kappa shape index (κ3) is 2.96. The summed E-state index contributed by atoms with van der Waals surface area (Å²) in [7, 11) is 0. The molecule has 0 spiro atoms. The second kappa shape index (κ2) is 6.19. The number of nitrogens with one attached hydrogen (secondary N) is 1. The topological polar surface area (TPSA) is 58.6 Å². The molecule has 1 N–H and O–H groups in total. The molecule has 2 aromatic rings. The van der Waals surface area contributed by atoms with Crippen LogP contribution < -0.4 is 14.4 Å². The lowest BCUT2D eigenvalue weighted by Crippen LogP contribution is -2.27. The molecule has 3 rings (SSSR count). The van der Waals surface area contributed by atoms with Gasteiger partial charge in [-0.05, 0) is 42.8 Å². The summed E-state index contributed by atoms with van der Waals surface area (Å²) in [5.41, 5.74) is 1.72. The van der Waals surface area contributed by atoms with Crippen LogP contribution in [0.25, 0.3) is 0 Å². The van der Waals surface area contributed by atoms with Crippen LogP contribution in [-0.4, -0.2) is 23.3 Å². The highest BCUT2D eigenvalue weighted by molar-refractivity contribution is 7.80. The summed E-state index contributed by atoms with van der Waals surface area (Å²) in [6.45, 7) is 3.19. The van der Waals surface area contributed by atoms with Crippen LogP contribution in [-0.2, 0) is 11.1 Å². The van der Waals surface area contributed by atoms with Crippen LogP contribution in [0.2, 0.25) is 0 Å². The van der Waals surface area contributed by atoms with E-state index in [0.29, 0.717) is 23.7 Å². The average Bonchev–Trinajstić information content (AvgIpc) is 2.96. The maximum atomic E-state index is 12.3. The summed E-state index contributed by atoms with van der Waals surface area (Å²) < 4.78 is 17.8. The SMILES string of the molecule is Cc1ccccc1OS(=O)c1ccc(N2CCNC2=O)cc1. The molecule has 5 nitrogen and oxygen atoms in total. The summed E-state index contributed by atoms with van der Waals surface area (Å²) in [5, 5.41) is 2.75. The molecule has 1 aliphatic rings. The molecule has 0 bridgehead atoms. The number of para-hydroxylation sites is 1. The first-order valence-electron chi connectivity index (χ1n) is 6.96. The molecule has 6 heteroatoms. The predicted molar refractivity (Wildman–Crippen MR) is 85.4 cm³/mol. The van der Waals surface area contributed by atoms with Gasteiger partial charge in [-0.3, -0.25) is 4.90 Å². The van der Waals surface area contributed by atoms with Gasteiger partial charge in [0, 0.05) is 18.8 Å². The van der Waals surface area contributed by atoms with E-state index >= 15 is 0 Å². The molecule has 0 aliphatic carbocycles. The molecule has 2 amide bonds. The fraction of sp³-hybridized carbons (Fsp3) is 0.188. The Labute approximate surface area is 131 Å². The fourth-order valence-corrected chi connectivity index (χ4v) is 3.04. The van der Waals surface area contributed by atoms with E-state index in [-0.39, 0.29) is 6.03 Å². The molecule has 1 atom stereocenters. The first-order chi connectivity index (χ1) is 10.6. The van der Waals surface area contributed by atoms with Crippen molar-refractivity contribution in [2.24, 2.45) is 0 Å². The van der Waals surface area contributed by atoms with Crippen LogP contribution in [0.4, 0.5) is 10.5 Å². The Kier molecular flexibility index (Phi) is 4.11. The quantitative estimate of drug-likeness (QED) is 0.943. The Bertz CT molecular complexity index is 716. The number of amides is 2. The van der Waals surface area contributed by atoms with E-state index in [9.17, 15) is 9.00 Å². The maximum absolute atomic E-state index is 12.3. The van der Waals surface area contributed by atoms with Crippen molar-refractivity contribution < 1.29 is 13.2 Å². The molecular weight excluding hydrogens is 300 g/mol. The summed E-state index contributed by atoms with van der Waals surface area (Å²) >= 11 is -1.58. The van der Waals surface area contributed by atoms with E-state index in [1.54, 1.807) is 35.2 Å². The molecule has 0 radical (unpaired) electrons. The number of aryl methyl sites for hydroxylation is 1. The molecule has 22 heavy (non-hydrogen) atoms. The van der Waals surface area contributed by atoms with Crippen molar-refractivity contribution in [2.45, 2.75) is 11.8 Å². The van der Waals surface area contributed by atoms with Crippen LogP contribution >= 0.6 is 0 Å². The van der Waals surface area contributed by atoms with Crippen molar-refractivity contribution in [2.75, 3.05) is 18.0 Å². The molecule has 2 aromatic carbocycles. The van der Waals surface area contributed by atoms with Gasteiger partial charge < -0.3 is 9.50 Å². The molecule has 1 aliphatic heterocycles. The number of benzene rings is 2. The Morgan fingerprint density at radius 2 is 1.86 bits per heavy atom. The molecule has 1 fully saturated rings. The molecule has 1 unspecified atom stereocenters. The Balaban J connectivity index is 1.74. The van der Waals surface area contributed by atoms with Crippen molar-refractivity contribution >= 4 is 22.8 Å². The van der Waals surface area contributed by atoms with Gasteiger partial charge in [0.1, 0.15) is 5.75 Å². The summed E-state index contributed by atoms with van der Waals surface area (Å²) in [6.07, 6.45) is 0. The van der Waals surface area contributed by atoms with Crippen molar-refractivity contribution in [1.29, 1.82) is 0 Å². The zero-order valence-electron chi connectivity index (χ0n) is 12.1. The summed E-state index contributed by atoms with van der Waals surface area (Å²) in [6, 6.07) is 14.3. The van der Waals surface area contributed by atoms with Gasteiger partial charge in [-0.1, -0.05) is 18.2 Å². The fourth-order valence-electron chi connectivity index (χ4n) is 2.23. The molecule has 0 aromatic heterocycles. The maximum Gasteiger partial charge on any atom is 0.321 e. The van der Waals surface area contributed by atoms with E-state index < -0.39 is 11.1 Å². The van der Waals surface area contributed by atoms with E-state index in [4.69, 9.17) is 4.18 Å². The normalized spacial score (nSPS) is 15.5. The highest BCUT2D eigenvalue weighted by atomic mass is 32.2. The van der Waals surface area contributed by atoms with Gasteiger partial charge in [0.15, 0.2) is 0 Å². The number of carbonyl (C=O) groups is 1. The lowest BCUT2D eigenvalue weighted by molar-refractivity contribution is 0.252. The predicted octanol–water partition coefficient (Wildman–Crippen LogP) is 2.63. The van der Waals surface area contributed by atoms with Crippen molar-refractivity contribution in [1.82, 2.24) is 5.32 Å². The molecule has 1 heterocycles. The van der Waals surface area contributed by atoms with Gasteiger partial charge in [0.2, 0.25) is 11.1 Å². The lowest BCUT2D eigenvalue weighted by Gasteiger charge is -2.14. The standard InChI is InChI=1S/C16H16N2O3S/c1-12-4-2-3-5-15(12)21-22(20)14-8-6-13(7-9-14)18-11-10-17-16(18)19/h2-9H,10-11H2,1H3,(H,17,19). The minimum absolute atomic E-state index is 0.106. The second-order valence-electron chi connectivity index (χ2n) is 4.96. The number of urea groups is 1. The van der Waals surface area contributed by atoms with Gasteiger partial charge >= 0.3 is 6.03 Å². The minimum atomic E-state index is -1.58. The first-order valence-corrected chi connectivity index (χ1v) is 8.04. The number of hydrogen-bond donors (Lipinski definition) is 1. The van der Waals surface area contributed by atoms with Crippen LogP contribution in [0.5, 0.6) is 5.75 Å². The van der Waals surface area contributed by atoms with E-state index in [1.807, 2.05) is 25.1 Å².